The highest BCUT2D eigenvalue weighted by molar-refractivity contribution is 6.30. The van der Waals surface area contributed by atoms with Crippen LogP contribution in [-0.2, 0) is 14.4 Å². The lowest BCUT2D eigenvalue weighted by Crippen LogP contribution is -2.34. The number of halogens is 1. The molecular weight excluding hydrogens is 344 g/mol. The number of hydrogen-bond acceptors (Lipinski definition) is 4. The monoisotopic (exact) mass is 362 g/mol. The largest absolute Gasteiger partial charge is 0.495 e. The van der Waals surface area contributed by atoms with Crippen molar-refractivity contribution in [3.8, 4) is 5.75 Å². The third-order valence-corrected chi connectivity index (χ3v) is 4.91. The van der Waals surface area contributed by atoms with Crippen molar-refractivity contribution in [3.63, 3.8) is 0 Å². The number of anilines is 1. The summed E-state index contributed by atoms with van der Waals surface area (Å²) in [7, 11) is 1.52. The van der Waals surface area contributed by atoms with Gasteiger partial charge in [0.05, 0.1) is 24.6 Å². The molecule has 132 valence electrons. The molecule has 6 nitrogen and oxygen atoms in total. The summed E-state index contributed by atoms with van der Waals surface area (Å²) in [5.74, 6) is -0.895. The number of para-hydroxylation sites is 2. The summed E-state index contributed by atoms with van der Waals surface area (Å²) in [6, 6.07) is 7.06. The van der Waals surface area contributed by atoms with Crippen molar-refractivity contribution in [2.45, 2.75) is 19.3 Å². The van der Waals surface area contributed by atoms with Crippen LogP contribution in [0, 0.1) is 11.8 Å². The zero-order valence-corrected chi connectivity index (χ0v) is 14.6. The molecule has 7 heteroatoms. The average molecular weight is 363 g/mol. The van der Waals surface area contributed by atoms with Crippen LogP contribution in [0.4, 0.5) is 5.69 Å². The Morgan fingerprint density at radius 3 is 2.76 bits per heavy atom. The van der Waals surface area contributed by atoms with Crippen molar-refractivity contribution in [2.75, 3.05) is 19.0 Å². The number of allylic oxidation sites excluding steroid dienone is 2. The third kappa shape index (κ3) is 3.54. The molecule has 0 radical (unpaired) electrons. The molecule has 3 amide bonds. The molecule has 1 N–H and O–H groups in total. The van der Waals surface area contributed by atoms with Crippen LogP contribution in [0.1, 0.15) is 19.3 Å². The Labute approximate surface area is 150 Å². The molecule has 1 aromatic carbocycles. The maximum atomic E-state index is 12.4. The lowest BCUT2D eigenvalue weighted by Gasteiger charge is -2.17. The fraction of sp³-hybridized carbons (Fsp3) is 0.389. The topological polar surface area (TPSA) is 75.7 Å². The van der Waals surface area contributed by atoms with Crippen LogP contribution in [0.5, 0.6) is 5.75 Å². The number of nitrogens with one attached hydrogen (secondary N) is 1. The van der Waals surface area contributed by atoms with Gasteiger partial charge in [-0.1, -0.05) is 29.8 Å². The van der Waals surface area contributed by atoms with Crippen LogP contribution >= 0.6 is 11.6 Å². The summed E-state index contributed by atoms with van der Waals surface area (Å²) < 4.78 is 5.18. The van der Waals surface area contributed by atoms with Gasteiger partial charge in [-0.25, -0.2) is 0 Å². The molecule has 1 aromatic rings. The quantitative estimate of drug-likeness (QED) is 0.817. The van der Waals surface area contributed by atoms with Crippen LogP contribution in [0.3, 0.4) is 0 Å². The minimum atomic E-state index is -0.387. The van der Waals surface area contributed by atoms with Gasteiger partial charge in [-0.2, -0.15) is 0 Å². The van der Waals surface area contributed by atoms with E-state index in [1.54, 1.807) is 30.3 Å². The highest BCUT2D eigenvalue weighted by Crippen LogP contribution is 2.38. The van der Waals surface area contributed by atoms with Gasteiger partial charge in [0.1, 0.15) is 5.75 Å². The molecule has 1 saturated heterocycles. The maximum Gasteiger partial charge on any atom is 0.233 e. The molecule has 0 unspecified atom stereocenters. The average Bonchev–Trinajstić information content (AvgIpc) is 2.84. The van der Waals surface area contributed by atoms with Crippen LogP contribution < -0.4 is 10.1 Å². The Morgan fingerprint density at radius 2 is 2.00 bits per heavy atom. The Hall–Kier alpha value is -2.34. The van der Waals surface area contributed by atoms with Gasteiger partial charge < -0.3 is 10.1 Å². The fourth-order valence-electron chi connectivity index (χ4n) is 3.29. The van der Waals surface area contributed by atoms with Crippen LogP contribution in [0.2, 0.25) is 0 Å². The van der Waals surface area contributed by atoms with E-state index in [-0.39, 0.29) is 42.5 Å². The molecule has 2 aliphatic rings. The predicted octanol–water partition coefficient (Wildman–Crippen LogP) is 2.54. The number of carbonyl (C=O) groups excluding carboxylic acids is 3. The molecule has 0 bridgehead atoms. The number of amides is 3. The number of rotatable bonds is 5. The molecule has 2 atom stereocenters. The van der Waals surface area contributed by atoms with Crippen molar-refractivity contribution >= 4 is 35.0 Å². The van der Waals surface area contributed by atoms with Crippen LogP contribution in [0.15, 0.2) is 35.4 Å². The first-order chi connectivity index (χ1) is 12.0. The first-order valence-corrected chi connectivity index (χ1v) is 8.51. The van der Waals surface area contributed by atoms with E-state index in [2.05, 4.69) is 5.32 Å². The van der Waals surface area contributed by atoms with Gasteiger partial charge >= 0.3 is 0 Å². The minimum absolute atomic E-state index is 0.0378. The normalized spacial score (nSPS) is 22.5. The second-order valence-corrected chi connectivity index (χ2v) is 6.62. The van der Waals surface area contributed by atoms with Crippen LogP contribution in [0.25, 0.3) is 0 Å². The van der Waals surface area contributed by atoms with Crippen LogP contribution in [-0.4, -0.2) is 36.3 Å². The number of hydrogen-bond donors (Lipinski definition) is 1. The second kappa shape index (κ2) is 7.27. The Morgan fingerprint density at radius 1 is 1.28 bits per heavy atom. The maximum absolute atomic E-state index is 12.4. The second-order valence-electron chi connectivity index (χ2n) is 6.13. The minimum Gasteiger partial charge on any atom is -0.495 e. The fourth-order valence-corrected chi connectivity index (χ4v) is 3.55. The summed E-state index contributed by atoms with van der Waals surface area (Å²) in [5.41, 5.74) is 0.554. The highest BCUT2D eigenvalue weighted by Gasteiger charge is 2.48. The number of imide groups is 1. The smallest absolute Gasteiger partial charge is 0.233 e. The van der Waals surface area contributed by atoms with E-state index in [0.717, 1.165) is 0 Å². The zero-order chi connectivity index (χ0) is 18.0. The van der Waals surface area contributed by atoms with E-state index in [4.69, 9.17) is 16.3 Å². The molecule has 0 aromatic heterocycles. The van der Waals surface area contributed by atoms with Gasteiger partial charge in [-0.05, 0) is 25.0 Å². The lowest BCUT2D eigenvalue weighted by molar-refractivity contribution is -0.140. The molecule has 1 heterocycles. The van der Waals surface area contributed by atoms with Gasteiger partial charge in [0.15, 0.2) is 0 Å². The summed E-state index contributed by atoms with van der Waals surface area (Å²) in [4.78, 5) is 38.2. The summed E-state index contributed by atoms with van der Waals surface area (Å²) in [6.45, 7) is 0.0727. The molecule has 1 aliphatic heterocycles. The Kier molecular flexibility index (Phi) is 5.08. The van der Waals surface area contributed by atoms with Gasteiger partial charge in [-0.3, -0.25) is 19.3 Å². The number of fused-ring (bicyclic) bond motifs is 1. The highest BCUT2D eigenvalue weighted by atomic mass is 35.5. The van der Waals surface area contributed by atoms with E-state index < -0.39 is 0 Å². The van der Waals surface area contributed by atoms with Crippen molar-refractivity contribution in [2.24, 2.45) is 11.8 Å². The van der Waals surface area contributed by atoms with Crippen molar-refractivity contribution in [3.05, 3.63) is 35.4 Å². The Balaban J connectivity index is 1.59. The predicted molar refractivity (Wildman–Crippen MR) is 93.1 cm³/mol. The van der Waals surface area contributed by atoms with E-state index in [0.29, 0.717) is 29.3 Å². The number of methoxy groups -OCH3 is 1. The van der Waals surface area contributed by atoms with E-state index in [1.807, 2.05) is 0 Å². The van der Waals surface area contributed by atoms with E-state index in [9.17, 15) is 14.4 Å². The van der Waals surface area contributed by atoms with Gasteiger partial charge in [-0.15, -0.1) is 0 Å². The summed E-state index contributed by atoms with van der Waals surface area (Å²) >= 11 is 5.99. The third-order valence-electron chi connectivity index (χ3n) is 4.60. The summed E-state index contributed by atoms with van der Waals surface area (Å²) in [6.07, 6.45) is 2.72. The first kappa shape index (κ1) is 17.5. The van der Waals surface area contributed by atoms with Crippen molar-refractivity contribution in [1.82, 2.24) is 4.90 Å². The molecular formula is C18H19ClN2O4. The number of likely N-dealkylation sites (tertiary alicyclic amines) is 1. The molecule has 1 fully saturated rings. The zero-order valence-electron chi connectivity index (χ0n) is 13.8. The molecule has 1 aliphatic carbocycles. The van der Waals surface area contributed by atoms with Gasteiger partial charge in [0, 0.05) is 18.0 Å². The van der Waals surface area contributed by atoms with Gasteiger partial charge in [0.25, 0.3) is 0 Å². The van der Waals surface area contributed by atoms with Gasteiger partial charge in [0.2, 0.25) is 17.7 Å². The standard InChI is InChI=1S/C18H19ClN2O4/c1-25-15-5-3-2-4-14(15)20-16(22)8-9-21-17(23)12-7-6-11(19)10-13(12)18(21)24/h2-6,12-13H,7-10H2,1H3,(H,20,22)/t12-,13-/m1/s1. The van der Waals surface area contributed by atoms with E-state index >= 15 is 0 Å². The summed E-state index contributed by atoms with van der Waals surface area (Å²) in [5, 5.41) is 3.36. The number of ether oxygens (including phenoxy) is 1. The SMILES string of the molecule is COc1ccccc1NC(=O)CCN1C(=O)[C@@H]2CC=C(Cl)C[C@H]2C1=O. The van der Waals surface area contributed by atoms with Crippen molar-refractivity contribution < 1.29 is 19.1 Å². The molecule has 3 rings (SSSR count). The number of nitrogens with zero attached hydrogens (tertiary/aromatic N) is 1. The molecule has 0 spiro atoms. The molecule has 25 heavy (non-hydrogen) atoms. The number of benzene rings is 1. The Bertz CT molecular complexity index is 746. The first-order valence-electron chi connectivity index (χ1n) is 8.14. The molecule has 0 saturated carbocycles. The van der Waals surface area contributed by atoms with E-state index in [1.165, 1.54) is 12.0 Å². The lowest BCUT2D eigenvalue weighted by atomic mass is 9.85. The van der Waals surface area contributed by atoms with Crippen molar-refractivity contribution in [1.29, 1.82) is 0 Å². The number of carbonyl (C=O) groups is 3.